The van der Waals surface area contributed by atoms with Crippen LogP contribution in [-0.2, 0) is 10.2 Å². The number of benzene rings is 2. The average Bonchev–Trinajstić information content (AvgIpc) is 2.75. The van der Waals surface area contributed by atoms with Gasteiger partial charge in [0.2, 0.25) is 0 Å². The van der Waals surface area contributed by atoms with Crippen LogP contribution in [0.2, 0.25) is 0 Å². The third-order valence-electron chi connectivity index (χ3n) is 6.09. The van der Waals surface area contributed by atoms with E-state index in [0.29, 0.717) is 0 Å². The van der Waals surface area contributed by atoms with E-state index in [1.165, 1.54) is 5.56 Å². The largest absolute Gasteiger partial charge is 0.486 e. The van der Waals surface area contributed by atoms with E-state index in [-0.39, 0.29) is 17.8 Å². The number of Topliss-reactive ketones (excluding diaryl/α,β-unsaturated/α-hetero) is 1. The SMILES string of the molecule is CCC(CC)(c1ccc(OCC(=O)C(C)(C)C)c(C)c1)c1ccc(C)c(C=O)c1.CS. The molecule has 0 saturated carbocycles. The standard InChI is InChI=1S/C26H34O3.CH4S/c1-8-26(9-2,22-11-10-18(3)20(15-22)16-27)21-12-13-23(19(4)14-21)29-17-24(28)25(5,6)7;1-2/h10-16H,8-9,17H2,1-7H3;2H,1H3. The normalized spacial score (nSPS) is 11.4. The fourth-order valence-corrected chi connectivity index (χ4v) is 3.77. The summed E-state index contributed by atoms with van der Waals surface area (Å²) in [7, 11) is 0. The number of aryl methyl sites for hydroxylation is 2. The zero-order valence-corrected chi connectivity index (χ0v) is 21.2. The minimum atomic E-state index is -0.408. The Bertz CT molecular complexity index is 890. The zero-order valence-electron chi connectivity index (χ0n) is 20.3. The molecule has 0 fully saturated rings. The molecule has 0 spiro atoms. The van der Waals surface area contributed by atoms with Gasteiger partial charge in [-0.1, -0.05) is 58.9 Å². The number of ketones is 1. The van der Waals surface area contributed by atoms with Gasteiger partial charge < -0.3 is 4.74 Å². The van der Waals surface area contributed by atoms with Crippen LogP contribution in [0, 0.1) is 19.3 Å². The monoisotopic (exact) mass is 442 g/mol. The van der Waals surface area contributed by atoms with Gasteiger partial charge in [0.25, 0.3) is 0 Å². The number of carbonyl (C=O) groups is 2. The summed E-state index contributed by atoms with van der Waals surface area (Å²) in [6, 6.07) is 12.4. The van der Waals surface area contributed by atoms with Crippen molar-refractivity contribution in [2.75, 3.05) is 12.9 Å². The van der Waals surface area contributed by atoms with Crippen molar-refractivity contribution in [3.8, 4) is 5.75 Å². The smallest absolute Gasteiger partial charge is 0.175 e. The van der Waals surface area contributed by atoms with Crippen molar-refractivity contribution >= 4 is 24.7 Å². The fraction of sp³-hybridized carbons (Fsp3) is 0.481. The van der Waals surface area contributed by atoms with Crippen LogP contribution in [-0.4, -0.2) is 24.9 Å². The summed E-state index contributed by atoms with van der Waals surface area (Å²) < 4.78 is 5.82. The molecule has 0 N–H and O–H groups in total. The number of rotatable bonds is 8. The fourth-order valence-electron chi connectivity index (χ4n) is 3.77. The van der Waals surface area contributed by atoms with E-state index < -0.39 is 5.41 Å². The molecule has 170 valence electrons. The van der Waals surface area contributed by atoms with Gasteiger partial charge in [0.15, 0.2) is 5.78 Å². The molecule has 2 aromatic rings. The van der Waals surface area contributed by atoms with E-state index in [0.717, 1.165) is 47.1 Å². The first-order chi connectivity index (χ1) is 14.6. The lowest BCUT2D eigenvalue weighted by atomic mass is 9.70. The van der Waals surface area contributed by atoms with E-state index in [4.69, 9.17) is 4.74 Å². The van der Waals surface area contributed by atoms with Crippen LogP contribution in [0.25, 0.3) is 0 Å². The van der Waals surface area contributed by atoms with Crippen LogP contribution in [0.4, 0.5) is 0 Å². The van der Waals surface area contributed by atoms with E-state index in [9.17, 15) is 9.59 Å². The molecule has 0 radical (unpaired) electrons. The maximum atomic E-state index is 12.2. The van der Waals surface area contributed by atoms with E-state index in [2.05, 4.69) is 44.7 Å². The number of hydrogen-bond acceptors (Lipinski definition) is 4. The first-order valence-corrected chi connectivity index (χ1v) is 11.8. The number of hydrogen-bond donors (Lipinski definition) is 1. The molecule has 0 heterocycles. The third kappa shape index (κ3) is 6.22. The van der Waals surface area contributed by atoms with Crippen LogP contribution in [0.3, 0.4) is 0 Å². The van der Waals surface area contributed by atoms with Gasteiger partial charge in [0.05, 0.1) is 0 Å². The molecule has 0 aliphatic heterocycles. The van der Waals surface area contributed by atoms with E-state index in [1.54, 1.807) is 6.26 Å². The lowest BCUT2D eigenvalue weighted by Crippen LogP contribution is -2.27. The molecule has 0 saturated heterocycles. The maximum Gasteiger partial charge on any atom is 0.175 e. The Morgan fingerprint density at radius 1 is 0.935 bits per heavy atom. The molecular formula is C27H38O3S. The Labute approximate surface area is 194 Å². The average molecular weight is 443 g/mol. The van der Waals surface area contributed by atoms with Crippen molar-refractivity contribution < 1.29 is 14.3 Å². The summed E-state index contributed by atoms with van der Waals surface area (Å²) in [6.45, 7) is 14.1. The van der Waals surface area contributed by atoms with Crippen molar-refractivity contribution in [1.29, 1.82) is 0 Å². The van der Waals surface area contributed by atoms with Crippen molar-refractivity contribution in [2.24, 2.45) is 5.41 Å². The molecule has 0 aliphatic rings. The molecule has 0 aliphatic carbocycles. The highest BCUT2D eigenvalue weighted by molar-refractivity contribution is 7.79. The lowest BCUT2D eigenvalue weighted by Gasteiger charge is -2.34. The summed E-state index contributed by atoms with van der Waals surface area (Å²) in [4.78, 5) is 23.7. The van der Waals surface area contributed by atoms with E-state index >= 15 is 0 Å². The summed E-state index contributed by atoms with van der Waals surface area (Å²) in [5, 5.41) is 0. The highest BCUT2D eigenvalue weighted by Crippen LogP contribution is 2.40. The highest BCUT2D eigenvalue weighted by atomic mass is 32.1. The van der Waals surface area contributed by atoms with Crippen LogP contribution in [0.5, 0.6) is 5.75 Å². The molecule has 0 aromatic heterocycles. The van der Waals surface area contributed by atoms with Crippen molar-refractivity contribution in [3.63, 3.8) is 0 Å². The minimum Gasteiger partial charge on any atom is -0.486 e. The first kappa shape index (κ1) is 27.0. The van der Waals surface area contributed by atoms with Gasteiger partial charge in [0.1, 0.15) is 18.6 Å². The first-order valence-electron chi connectivity index (χ1n) is 10.9. The van der Waals surface area contributed by atoms with Crippen LogP contribution >= 0.6 is 12.6 Å². The van der Waals surface area contributed by atoms with Crippen LogP contribution in [0.15, 0.2) is 36.4 Å². The molecule has 0 amide bonds. The topological polar surface area (TPSA) is 43.4 Å². The van der Waals surface area contributed by atoms with E-state index in [1.807, 2.05) is 52.8 Å². The van der Waals surface area contributed by atoms with Gasteiger partial charge in [-0.05, 0) is 67.3 Å². The van der Waals surface area contributed by atoms with Gasteiger partial charge in [0, 0.05) is 16.4 Å². The Morgan fingerprint density at radius 3 is 1.97 bits per heavy atom. The zero-order chi connectivity index (χ0) is 23.8. The summed E-state index contributed by atoms with van der Waals surface area (Å²) >= 11 is 3.53. The number of thiol groups is 1. The Balaban J connectivity index is 0.00000233. The molecule has 4 heteroatoms. The van der Waals surface area contributed by atoms with Gasteiger partial charge in [-0.15, -0.1) is 0 Å². The quantitative estimate of drug-likeness (QED) is 0.363. The second-order valence-electron chi connectivity index (χ2n) is 8.92. The molecule has 0 atom stereocenters. The molecule has 0 unspecified atom stereocenters. The van der Waals surface area contributed by atoms with Crippen molar-refractivity contribution in [3.05, 3.63) is 64.2 Å². The summed E-state index contributed by atoms with van der Waals surface area (Å²) in [5.74, 6) is 0.823. The highest BCUT2D eigenvalue weighted by Gasteiger charge is 2.31. The Kier molecular flexibility index (Phi) is 10.0. The molecule has 0 bridgehead atoms. The van der Waals surface area contributed by atoms with Gasteiger partial charge in [-0.2, -0.15) is 12.6 Å². The Hall–Kier alpha value is -2.07. The van der Waals surface area contributed by atoms with Crippen LogP contribution in [0.1, 0.15) is 80.1 Å². The van der Waals surface area contributed by atoms with Crippen molar-refractivity contribution in [1.82, 2.24) is 0 Å². The second-order valence-corrected chi connectivity index (χ2v) is 8.92. The minimum absolute atomic E-state index is 0.0804. The molecule has 3 nitrogen and oxygen atoms in total. The number of carbonyl (C=O) groups excluding carboxylic acids is 2. The van der Waals surface area contributed by atoms with Gasteiger partial charge >= 0.3 is 0 Å². The predicted molar refractivity (Wildman–Crippen MR) is 134 cm³/mol. The van der Waals surface area contributed by atoms with Crippen molar-refractivity contribution in [2.45, 2.75) is 66.7 Å². The maximum absolute atomic E-state index is 12.2. The van der Waals surface area contributed by atoms with Gasteiger partial charge in [-0.3, -0.25) is 9.59 Å². The molecular weight excluding hydrogens is 404 g/mol. The Morgan fingerprint density at radius 2 is 1.48 bits per heavy atom. The van der Waals surface area contributed by atoms with Gasteiger partial charge in [-0.25, -0.2) is 0 Å². The third-order valence-corrected chi connectivity index (χ3v) is 6.09. The molecule has 31 heavy (non-hydrogen) atoms. The molecule has 2 aromatic carbocycles. The summed E-state index contributed by atoms with van der Waals surface area (Å²) in [6.07, 6.45) is 4.48. The van der Waals surface area contributed by atoms with Crippen LogP contribution < -0.4 is 4.74 Å². The number of ether oxygens (including phenoxy) is 1. The second kappa shape index (κ2) is 11.5. The predicted octanol–water partition coefficient (Wildman–Crippen LogP) is 6.76. The molecule has 2 rings (SSSR count). The number of aldehydes is 1. The lowest BCUT2D eigenvalue weighted by molar-refractivity contribution is -0.128. The summed E-state index contributed by atoms with van der Waals surface area (Å²) in [5.41, 5.74) is 4.53.